The highest BCUT2D eigenvalue weighted by Crippen LogP contribution is 2.48. The predicted octanol–water partition coefficient (Wildman–Crippen LogP) is 2.79. The summed E-state index contributed by atoms with van der Waals surface area (Å²) in [5.41, 5.74) is -0.161. The highest BCUT2D eigenvalue weighted by Gasteiger charge is 2.59. The summed E-state index contributed by atoms with van der Waals surface area (Å²) in [5, 5.41) is 9.79. The molecular formula is C13H12ClNO2. The van der Waals surface area contributed by atoms with E-state index < -0.39 is 11.5 Å². The molecule has 1 aromatic rings. The second-order valence-electron chi connectivity index (χ2n) is 4.09. The number of aliphatic carboxylic acids is 1. The van der Waals surface area contributed by atoms with E-state index in [1.807, 2.05) is 0 Å². The number of carbonyl (C=O) groups is 1. The molecule has 1 fully saturated rings. The van der Waals surface area contributed by atoms with Crippen molar-refractivity contribution in [1.29, 1.82) is 0 Å². The summed E-state index contributed by atoms with van der Waals surface area (Å²) in [6, 6.07) is 7.09. The Morgan fingerprint density at radius 3 is 2.65 bits per heavy atom. The normalized spacial score (nSPS) is 27.0. The lowest BCUT2D eigenvalue weighted by atomic mass is 10.2. The van der Waals surface area contributed by atoms with Gasteiger partial charge in [-0.2, -0.15) is 0 Å². The van der Waals surface area contributed by atoms with Crippen LogP contribution in [0.15, 0.2) is 41.9 Å². The molecule has 0 aliphatic heterocycles. The first-order valence-corrected chi connectivity index (χ1v) is 5.63. The van der Waals surface area contributed by atoms with Crippen LogP contribution in [0.25, 0.3) is 0 Å². The van der Waals surface area contributed by atoms with Crippen LogP contribution in [0.5, 0.6) is 0 Å². The average molecular weight is 250 g/mol. The number of carboxylic acid groups (broad SMARTS) is 1. The highest BCUT2D eigenvalue weighted by atomic mass is 35.5. The zero-order chi connectivity index (χ0) is 12.5. The van der Waals surface area contributed by atoms with Crippen LogP contribution in [0, 0.1) is 5.92 Å². The summed E-state index contributed by atoms with van der Waals surface area (Å²) >= 11 is 5.76. The molecule has 17 heavy (non-hydrogen) atoms. The quantitative estimate of drug-likeness (QED) is 0.659. The van der Waals surface area contributed by atoms with Gasteiger partial charge in [0.2, 0.25) is 0 Å². The summed E-state index contributed by atoms with van der Waals surface area (Å²) < 4.78 is 0. The Balaban J connectivity index is 2.17. The molecule has 1 aromatic carbocycles. The van der Waals surface area contributed by atoms with Crippen molar-refractivity contribution in [2.75, 3.05) is 0 Å². The number of halogens is 1. The number of aliphatic imine (C=N–C) groups is 1. The van der Waals surface area contributed by atoms with Crippen molar-refractivity contribution < 1.29 is 9.90 Å². The molecule has 1 N–H and O–H groups in total. The van der Waals surface area contributed by atoms with Gasteiger partial charge < -0.3 is 5.11 Å². The van der Waals surface area contributed by atoms with E-state index in [0.29, 0.717) is 11.4 Å². The van der Waals surface area contributed by atoms with Gasteiger partial charge in [-0.1, -0.05) is 29.8 Å². The molecule has 1 aliphatic carbocycles. The standard InChI is InChI=1S/C13H12ClNO2/c1-2-10-7-13(10,12(16)17)15-8-9-3-5-11(14)6-4-9/h2-6,8,10H,1,7H2,(H,16,17)/t10-,13-/m0/s1. The Labute approximate surface area is 104 Å². The molecule has 0 heterocycles. The number of hydrogen-bond acceptors (Lipinski definition) is 2. The third kappa shape index (κ3) is 2.24. The maximum absolute atomic E-state index is 11.1. The van der Waals surface area contributed by atoms with Crippen LogP contribution in [0.4, 0.5) is 0 Å². The van der Waals surface area contributed by atoms with Crippen molar-refractivity contribution in [3.05, 3.63) is 47.5 Å². The monoisotopic (exact) mass is 249 g/mol. The highest BCUT2D eigenvalue weighted by molar-refractivity contribution is 6.30. The first-order chi connectivity index (χ1) is 8.08. The van der Waals surface area contributed by atoms with Gasteiger partial charge in [-0.3, -0.25) is 4.99 Å². The fraction of sp³-hybridized carbons (Fsp3) is 0.231. The number of nitrogens with zero attached hydrogens (tertiary/aromatic N) is 1. The predicted molar refractivity (Wildman–Crippen MR) is 67.7 cm³/mol. The van der Waals surface area contributed by atoms with E-state index in [1.54, 1.807) is 36.6 Å². The van der Waals surface area contributed by atoms with Crippen molar-refractivity contribution in [2.45, 2.75) is 12.0 Å². The smallest absolute Gasteiger partial charge is 0.332 e. The lowest BCUT2D eigenvalue weighted by molar-refractivity contribution is -0.139. The van der Waals surface area contributed by atoms with E-state index in [2.05, 4.69) is 11.6 Å². The molecule has 0 spiro atoms. The zero-order valence-electron chi connectivity index (χ0n) is 9.14. The summed E-state index contributed by atoms with van der Waals surface area (Å²) in [7, 11) is 0. The van der Waals surface area contributed by atoms with Gasteiger partial charge in [-0.25, -0.2) is 4.79 Å². The molecule has 0 saturated heterocycles. The van der Waals surface area contributed by atoms with Crippen LogP contribution in [-0.2, 0) is 4.79 Å². The van der Waals surface area contributed by atoms with Crippen molar-refractivity contribution in [1.82, 2.24) is 0 Å². The maximum atomic E-state index is 11.1. The van der Waals surface area contributed by atoms with E-state index in [1.165, 1.54) is 0 Å². The molecule has 0 radical (unpaired) electrons. The second kappa shape index (κ2) is 4.34. The first kappa shape index (κ1) is 11.9. The van der Waals surface area contributed by atoms with Gasteiger partial charge in [-0.05, 0) is 24.1 Å². The Kier molecular flexibility index (Phi) is 3.03. The van der Waals surface area contributed by atoms with Gasteiger partial charge in [0.1, 0.15) is 0 Å². The van der Waals surface area contributed by atoms with Crippen LogP contribution in [0.1, 0.15) is 12.0 Å². The largest absolute Gasteiger partial charge is 0.479 e. The van der Waals surface area contributed by atoms with Gasteiger partial charge in [0.25, 0.3) is 0 Å². The van der Waals surface area contributed by atoms with Crippen LogP contribution >= 0.6 is 11.6 Å². The molecule has 3 nitrogen and oxygen atoms in total. The van der Waals surface area contributed by atoms with Crippen LogP contribution in [0.2, 0.25) is 5.02 Å². The van der Waals surface area contributed by atoms with Gasteiger partial charge >= 0.3 is 5.97 Å². The SMILES string of the molecule is C=C[C@H]1C[C@@]1(N=Cc1ccc(Cl)cc1)C(=O)O. The Bertz CT molecular complexity index is 481. The van der Waals surface area contributed by atoms with Crippen LogP contribution in [0.3, 0.4) is 0 Å². The van der Waals surface area contributed by atoms with Crippen molar-refractivity contribution in [3.63, 3.8) is 0 Å². The molecular weight excluding hydrogens is 238 g/mol. The van der Waals surface area contributed by atoms with Crippen molar-refractivity contribution in [3.8, 4) is 0 Å². The Hall–Kier alpha value is -1.61. The van der Waals surface area contributed by atoms with Gasteiger partial charge in [-0.15, -0.1) is 6.58 Å². The van der Waals surface area contributed by atoms with E-state index in [4.69, 9.17) is 16.7 Å². The third-order valence-electron chi connectivity index (χ3n) is 2.95. The molecule has 0 aromatic heterocycles. The molecule has 1 saturated carbocycles. The van der Waals surface area contributed by atoms with Gasteiger partial charge in [0, 0.05) is 17.2 Å². The third-order valence-corrected chi connectivity index (χ3v) is 3.21. The maximum Gasteiger partial charge on any atom is 0.332 e. The number of benzene rings is 1. The second-order valence-corrected chi connectivity index (χ2v) is 4.52. The minimum absolute atomic E-state index is 0.0662. The Morgan fingerprint density at radius 1 is 1.53 bits per heavy atom. The topological polar surface area (TPSA) is 49.7 Å². The molecule has 0 unspecified atom stereocenters. The van der Waals surface area contributed by atoms with Gasteiger partial charge in [0.05, 0.1) is 0 Å². The summed E-state index contributed by atoms with van der Waals surface area (Å²) in [4.78, 5) is 15.3. The molecule has 0 bridgehead atoms. The van der Waals surface area contributed by atoms with E-state index >= 15 is 0 Å². The first-order valence-electron chi connectivity index (χ1n) is 5.25. The fourth-order valence-electron chi connectivity index (χ4n) is 1.74. The molecule has 2 rings (SSSR count). The average Bonchev–Trinajstić information content (AvgIpc) is 3.04. The number of rotatable bonds is 4. The summed E-state index contributed by atoms with van der Waals surface area (Å²) in [6.07, 6.45) is 3.75. The van der Waals surface area contributed by atoms with E-state index in [-0.39, 0.29) is 5.92 Å². The molecule has 4 heteroatoms. The fourth-order valence-corrected chi connectivity index (χ4v) is 1.87. The minimum atomic E-state index is -0.999. The zero-order valence-corrected chi connectivity index (χ0v) is 9.89. The molecule has 88 valence electrons. The number of carboxylic acids is 1. The molecule has 0 amide bonds. The lowest BCUT2D eigenvalue weighted by Crippen LogP contribution is -2.22. The molecule has 1 aliphatic rings. The van der Waals surface area contributed by atoms with Crippen molar-refractivity contribution in [2.24, 2.45) is 10.9 Å². The summed E-state index contributed by atoms with van der Waals surface area (Å²) in [5.74, 6) is -0.962. The molecule has 2 atom stereocenters. The van der Waals surface area contributed by atoms with Gasteiger partial charge in [0.15, 0.2) is 5.54 Å². The van der Waals surface area contributed by atoms with Crippen LogP contribution < -0.4 is 0 Å². The lowest BCUT2D eigenvalue weighted by Gasteiger charge is -2.04. The van der Waals surface area contributed by atoms with E-state index in [0.717, 1.165) is 5.56 Å². The van der Waals surface area contributed by atoms with Crippen LogP contribution in [-0.4, -0.2) is 22.8 Å². The minimum Gasteiger partial charge on any atom is -0.479 e. The van der Waals surface area contributed by atoms with Crippen molar-refractivity contribution >= 4 is 23.8 Å². The summed E-state index contributed by atoms with van der Waals surface area (Å²) in [6.45, 7) is 3.61. The number of hydrogen-bond donors (Lipinski definition) is 1. The Morgan fingerprint density at radius 2 is 2.18 bits per heavy atom. The van der Waals surface area contributed by atoms with E-state index in [9.17, 15) is 4.79 Å².